The molecule has 0 bridgehead atoms. The van der Waals surface area contributed by atoms with Gasteiger partial charge in [-0.1, -0.05) is 0 Å². The van der Waals surface area contributed by atoms with Crippen molar-refractivity contribution in [2.45, 2.75) is 44.2 Å². The van der Waals surface area contributed by atoms with Gasteiger partial charge >= 0.3 is 5.97 Å². The fourth-order valence-electron chi connectivity index (χ4n) is 2.27. The highest BCUT2D eigenvalue weighted by Crippen LogP contribution is 2.32. The van der Waals surface area contributed by atoms with Gasteiger partial charge in [0.2, 0.25) is 10.0 Å². The molecule has 1 heterocycles. The summed E-state index contributed by atoms with van der Waals surface area (Å²) in [4.78, 5) is 10.7. The van der Waals surface area contributed by atoms with E-state index in [9.17, 15) is 18.3 Å². The number of aliphatic carboxylic acids is 1. The zero-order chi connectivity index (χ0) is 15.8. The summed E-state index contributed by atoms with van der Waals surface area (Å²) in [6.07, 6.45) is 1.14. The highest BCUT2D eigenvalue weighted by atomic mass is 32.2. The largest absolute Gasteiger partial charge is 0.480 e. The molecule has 3 N–H and O–H groups in total. The molecule has 1 aromatic heterocycles. The molecule has 1 unspecified atom stereocenters. The van der Waals surface area contributed by atoms with E-state index in [0.29, 0.717) is 0 Å². The summed E-state index contributed by atoms with van der Waals surface area (Å²) in [5.41, 5.74) is 0.505. The van der Waals surface area contributed by atoms with Crippen molar-refractivity contribution in [2.75, 3.05) is 6.54 Å². The summed E-state index contributed by atoms with van der Waals surface area (Å²) in [6.45, 7) is 2.58. The number of carbonyl (C=O) groups is 1. The Labute approximate surface area is 122 Å². The zero-order valence-corrected chi connectivity index (χ0v) is 12.7. The summed E-state index contributed by atoms with van der Waals surface area (Å²) in [6, 6.07) is 0. The maximum atomic E-state index is 12.3. The summed E-state index contributed by atoms with van der Waals surface area (Å²) in [7, 11) is -3.82. The number of hydrogen-bond donors (Lipinski definition) is 3. The molecule has 1 aliphatic rings. The van der Waals surface area contributed by atoms with E-state index in [-0.39, 0.29) is 28.7 Å². The van der Waals surface area contributed by atoms with Crippen molar-refractivity contribution in [3.63, 3.8) is 0 Å². The minimum absolute atomic E-state index is 0.0215. The fourth-order valence-corrected chi connectivity index (χ4v) is 3.72. The third-order valence-electron chi connectivity index (χ3n) is 3.52. The van der Waals surface area contributed by atoms with Gasteiger partial charge in [-0.3, -0.25) is 9.48 Å². The first-order chi connectivity index (χ1) is 9.72. The molecule has 9 heteroatoms. The van der Waals surface area contributed by atoms with Gasteiger partial charge in [0.15, 0.2) is 0 Å². The lowest BCUT2D eigenvalue weighted by atomic mass is 10.2. The summed E-state index contributed by atoms with van der Waals surface area (Å²) in [5.74, 6) is -0.925. The second-order valence-electron chi connectivity index (χ2n) is 5.31. The topological polar surface area (TPSA) is 122 Å². The van der Waals surface area contributed by atoms with Crippen molar-refractivity contribution in [1.29, 1.82) is 0 Å². The number of nitrogens with one attached hydrogen (secondary N) is 1. The monoisotopic (exact) mass is 317 g/mol. The Hall–Kier alpha value is -1.45. The maximum Gasteiger partial charge on any atom is 0.325 e. The third kappa shape index (κ3) is 3.60. The van der Waals surface area contributed by atoms with E-state index in [2.05, 4.69) is 9.82 Å². The molecule has 1 fully saturated rings. The summed E-state index contributed by atoms with van der Waals surface area (Å²) < 4.78 is 28.1. The van der Waals surface area contributed by atoms with Crippen LogP contribution in [0.25, 0.3) is 0 Å². The van der Waals surface area contributed by atoms with Crippen molar-refractivity contribution in [3.8, 4) is 0 Å². The molecule has 2 rings (SSSR count). The van der Waals surface area contributed by atoms with E-state index in [0.717, 1.165) is 17.5 Å². The van der Waals surface area contributed by atoms with Crippen LogP contribution >= 0.6 is 0 Å². The normalized spacial score (nSPS) is 16.9. The van der Waals surface area contributed by atoms with Gasteiger partial charge in [-0.2, -0.15) is 5.10 Å². The summed E-state index contributed by atoms with van der Waals surface area (Å²) in [5, 5.41) is 22.5. The summed E-state index contributed by atoms with van der Waals surface area (Å²) >= 11 is 0. The second kappa shape index (κ2) is 5.74. The molecule has 21 heavy (non-hydrogen) atoms. The predicted molar refractivity (Wildman–Crippen MR) is 73.3 cm³/mol. The Morgan fingerprint density at radius 1 is 1.48 bits per heavy atom. The lowest BCUT2D eigenvalue weighted by Gasteiger charge is -2.11. The Morgan fingerprint density at radius 3 is 2.62 bits per heavy atom. The van der Waals surface area contributed by atoms with Gasteiger partial charge in [0.1, 0.15) is 11.4 Å². The van der Waals surface area contributed by atoms with Gasteiger partial charge in [0, 0.05) is 6.54 Å². The van der Waals surface area contributed by atoms with Crippen LogP contribution in [0.2, 0.25) is 0 Å². The minimum atomic E-state index is -3.82. The SMILES string of the molecule is Cc1nn(CC(=O)O)c(C)c1S(=O)(=O)NCC(O)C1CC1. The van der Waals surface area contributed by atoms with Crippen LogP contribution in [0.1, 0.15) is 24.2 Å². The van der Waals surface area contributed by atoms with E-state index in [4.69, 9.17) is 5.11 Å². The quantitative estimate of drug-likeness (QED) is 0.631. The van der Waals surface area contributed by atoms with Crippen LogP contribution in [0, 0.1) is 19.8 Å². The first-order valence-electron chi connectivity index (χ1n) is 6.66. The van der Waals surface area contributed by atoms with E-state index < -0.39 is 28.6 Å². The predicted octanol–water partition coefficient (Wildman–Crippen LogP) is -0.366. The van der Waals surface area contributed by atoms with E-state index in [1.165, 1.54) is 13.8 Å². The molecule has 1 aromatic rings. The van der Waals surface area contributed by atoms with Gasteiger partial charge in [0.05, 0.1) is 17.5 Å². The Morgan fingerprint density at radius 2 is 2.10 bits per heavy atom. The lowest BCUT2D eigenvalue weighted by Crippen LogP contribution is -2.33. The molecule has 0 amide bonds. The average Bonchev–Trinajstić information content (AvgIpc) is 3.14. The van der Waals surface area contributed by atoms with Crippen LogP contribution < -0.4 is 4.72 Å². The van der Waals surface area contributed by atoms with Crippen LogP contribution in [0.4, 0.5) is 0 Å². The van der Waals surface area contributed by atoms with Crippen molar-refractivity contribution < 1.29 is 23.4 Å². The molecule has 1 saturated carbocycles. The van der Waals surface area contributed by atoms with Crippen molar-refractivity contribution in [1.82, 2.24) is 14.5 Å². The molecular weight excluding hydrogens is 298 g/mol. The smallest absolute Gasteiger partial charge is 0.325 e. The number of nitrogens with zero attached hydrogens (tertiary/aromatic N) is 2. The third-order valence-corrected chi connectivity index (χ3v) is 5.19. The van der Waals surface area contributed by atoms with Gasteiger partial charge in [-0.05, 0) is 32.6 Å². The number of carboxylic acids is 1. The van der Waals surface area contributed by atoms with Gasteiger partial charge in [-0.25, -0.2) is 13.1 Å². The van der Waals surface area contributed by atoms with Crippen LogP contribution in [-0.2, 0) is 21.4 Å². The van der Waals surface area contributed by atoms with E-state index in [1.54, 1.807) is 0 Å². The first-order valence-corrected chi connectivity index (χ1v) is 8.14. The number of carboxylic acid groups (broad SMARTS) is 1. The number of aryl methyl sites for hydroxylation is 1. The number of aliphatic hydroxyl groups excluding tert-OH is 1. The van der Waals surface area contributed by atoms with Crippen LogP contribution in [0.15, 0.2) is 4.90 Å². The van der Waals surface area contributed by atoms with Crippen LogP contribution in [-0.4, -0.2) is 47.0 Å². The van der Waals surface area contributed by atoms with Gasteiger partial charge in [0.25, 0.3) is 0 Å². The Kier molecular flexibility index (Phi) is 4.35. The number of aliphatic hydroxyl groups is 1. The standard InChI is InChI=1S/C12H19N3O5S/c1-7-12(8(2)15(14-7)6-11(17)18)21(19,20)13-5-10(16)9-3-4-9/h9-10,13,16H,3-6H2,1-2H3,(H,17,18). The molecule has 1 atom stereocenters. The molecule has 0 radical (unpaired) electrons. The van der Waals surface area contributed by atoms with Crippen LogP contribution in [0.5, 0.6) is 0 Å². The van der Waals surface area contributed by atoms with Crippen molar-refractivity contribution >= 4 is 16.0 Å². The average molecular weight is 317 g/mol. The van der Waals surface area contributed by atoms with Gasteiger partial charge in [-0.15, -0.1) is 0 Å². The molecule has 0 aromatic carbocycles. The number of hydrogen-bond acceptors (Lipinski definition) is 5. The maximum absolute atomic E-state index is 12.3. The van der Waals surface area contributed by atoms with Crippen LogP contribution in [0.3, 0.4) is 0 Å². The molecular formula is C12H19N3O5S. The number of rotatable bonds is 7. The highest BCUT2D eigenvalue weighted by molar-refractivity contribution is 7.89. The van der Waals surface area contributed by atoms with Crippen molar-refractivity contribution in [2.24, 2.45) is 5.92 Å². The number of sulfonamides is 1. The molecule has 0 spiro atoms. The fraction of sp³-hybridized carbons (Fsp3) is 0.667. The van der Waals surface area contributed by atoms with E-state index in [1.807, 2.05) is 0 Å². The second-order valence-corrected chi connectivity index (χ2v) is 7.01. The van der Waals surface area contributed by atoms with Gasteiger partial charge < -0.3 is 10.2 Å². The Bertz CT molecular complexity index is 648. The molecule has 1 aliphatic carbocycles. The van der Waals surface area contributed by atoms with Crippen molar-refractivity contribution in [3.05, 3.63) is 11.4 Å². The zero-order valence-electron chi connectivity index (χ0n) is 11.9. The molecule has 8 nitrogen and oxygen atoms in total. The number of aromatic nitrogens is 2. The molecule has 0 saturated heterocycles. The highest BCUT2D eigenvalue weighted by Gasteiger charge is 2.32. The minimum Gasteiger partial charge on any atom is -0.480 e. The lowest BCUT2D eigenvalue weighted by molar-refractivity contribution is -0.137. The molecule has 118 valence electrons. The first kappa shape index (κ1) is 15.9. The van der Waals surface area contributed by atoms with E-state index >= 15 is 0 Å². The molecule has 0 aliphatic heterocycles. The Balaban J connectivity index is 2.18.